The molecule has 4 atom stereocenters. The average Bonchev–Trinajstić information content (AvgIpc) is 3.18. The minimum atomic E-state index is -0.994. The summed E-state index contributed by atoms with van der Waals surface area (Å²) in [5, 5.41) is 21.4. The van der Waals surface area contributed by atoms with E-state index in [-0.39, 0.29) is 43.5 Å². The largest absolute Gasteiger partial charge is 0.481 e. The summed E-state index contributed by atoms with van der Waals surface area (Å²) in [6.45, 7) is 4.71. The zero-order valence-electron chi connectivity index (χ0n) is 29.4. The van der Waals surface area contributed by atoms with Crippen molar-refractivity contribution in [2.45, 2.75) is 64.5 Å². The molecule has 8 nitrogen and oxygen atoms in total. The van der Waals surface area contributed by atoms with E-state index in [1.807, 2.05) is 78.9 Å². The number of benzene rings is 5. The van der Waals surface area contributed by atoms with Crippen molar-refractivity contribution in [1.82, 2.24) is 10.2 Å². The minimum Gasteiger partial charge on any atom is -0.481 e. The summed E-state index contributed by atoms with van der Waals surface area (Å²) in [6.07, 6.45) is -1.29. The number of hydrogen-bond acceptors (Lipinski definition) is 6. The molecule has 0 aromatic heterocycles. The molecule has 1 saturated heterocycles. The quantitative estimate of drug-likeness (QED) is 0.102. The lowest BCUT2D eigenvalue weighted by Gasteiger charge is -2.43. The van der Waals surface area contributed by atoms with Gasteiger partial charge in [-0.3, -0.25) is 14.5 Å². The van der Waals surface area contributed by atoms with Crippen LogP contribution in [-0.2, 0) is 45.3 Å². The van der Waals surface area contributed by atoms with Crippen molar-refractivity contribution in [3.63, 3.8) is 0 Å². The van der Waals surface area contributed by atoms with Crippen LogP contribution in [0, 0.1) is 5.92 Å². The number of aliphatic hydroxyl groups is 1. The van der Waals surface area contributed by atoms with Crippen molar-refractivity contribution in [1.29, 1.82) is 0 Å². The maximum Gasteiger partial charge on any atom is 0.303 e. The van der Waals surface area contributed by atoms with Crippen molar-refractivity contribution in [3.05, 3.63) is 167 Å². The first-order valence-corrected chi connectivity index (χ1v) is 17.8. The average molecular weight is 699 g/mol. The molecule has 8 heteroatoms. The Labute approximate surface area is 305 Å². The molecule has 3 N–H and O–H groups in total. The topological polar surface area (TPSA) is 108 Å². The Morgan fingerprint density at radius 1 is 0.673 bits per heavy atom. The Morgan fingerprint density at radius 2 is 1.29 bits per heavy atom. The van der Waals surface area contributed by atoms with Crippen molar-refractivity contribution >= 4 is 11.9 Å². The Bertz CT molecular complexity index is 1860. The highest BCUT2D eigenvalue weighted by atomic mass is 16.7. The summed E-state index contributed by atoms with van der Waals surface area (Å²) >= 11 is 0. The van der Waals surface area contributed by atoms with Gasteiger partial charge in [0.1, 0.15) is 0 Å². The third kappa shape index (κ3) is 10.0. The number of ether oxygens (including phenoxy) is 2. The molecule has 0 spiro atoms. The van der Waals surface area contributed by atoms with Gasteiger partial charge in [0.05, 0.1) is 25.2 Å². The second-order valence-electron chi connectivity index (χ2n) is 13.5. The summed E-state index contributed by atoms with van der Waals surface area (Å²) in [5.74, 6) is -1.26. The molecule has 0 bridgehead atoms. The molecule has 0 unspecified atom stereocenters. The molecule has 0 saturated carbocycles. The summed E-state index contributed by atoms with van der Waals surface area (Å²) in [6, 6.07) is 45.1. The molecule has 0 aliphatic carbocycles. The number of aliphatic carboxylic acids is 1. The first-order chi connectivity index (χ1) is 25.3. The lowest BCUT2D eigenvalue weighted by Crippen LogP contribution is -2.44. The number of nitrogens with one attached hydrogen (secondary N) is 1. The van der Waals surface area contributed by atoms with E-state index >= 15 is 0 Å². The number of amides is 1. The predicted octanol–water partition coefficient (Wildman–Crippen LogP) is 7.82. The molecule has 5 aromatic rings. The molecule has 1 heterocycles. The second kappa shape index (κ2) is 17.9. The summed E-state index contributed by atoms with van der Waals surface area (Å²) in [5.41, 5.74) is 8.13. The molecule has 1 amide bonds. The van der Waals surface area contributed by atoms with E-state index < -0.39 is 12.3 Å². The van der Waals surface area contributed by atoms with Crippen LogP contribution in [0.15, 0.2) is 133 Å². The van der Waals surface area contributed by atoms with E-state index in [1.165, 1.54) is 11.1 Å². The molecule has 1 aliphatic heterocycles. The highest BCUT2D eigenvalue weighted by Gasteiger charge is 2.39. The molecule has 1 aliphatic rings. The maximum absolute atomic E-state index is 12.1. The van der Waals surface area contributed by atoms with Crippen molar-refractivity contribution in [2.75, 3.05) is 6.54 Å². The molecular weight excluding hydrogens is 652 g/mol. The predicted molar refractivity (Wildman–Crippen MR) is 201 cm³/mol. The van der Waals surface area contributed by atoms with Crippen molar-refractivity contribution < 1.29 is 29.3 Å². The Kier molecular flexibility index (Phi) is 12.6. The van der Waals surface area contributed by atoms with Crippen LogP contribution in [-0.4, -0.2) is 39.6 Å². The van der Waals surface area contributed by atoms with E-state index in [9.17, 15) is 14.7 Å². The van der Waals surface area contributed by atoms with Crippen LogP contribution < -0.4 is 5.32 Å². The van der Waals surface area contributed by atoms with Gasteiger partial charge in [0.15, 0.2) is 6.29 Å². The van der Waals surface area contributed by atoms with E-state index in [1.54, 1.807) is 0 Å². The highest BCUT2D eigenvalue weighted by Crippen LogP contribution is 2.42. The van der Waals surface area contributed by atoms with Gasteiger partial charge in [-0.15, -0.1) is 0 Å². The zero-order valence-corrected chi connectivity index (χ0v) is 29.4. The number of carboxylic acids is 1. The normalized spacial score (nSPS) is 18.6. The summed E-state index contributed by atoms with van der Waals surface area (Å²) in [4.78, 5) is 25.4. The van der Waals surface area contributed by atoms with E-state index in [0.29, 0.717) is 13.1 Å². The van der Waals surface area contributed by atoms with Crippen LogP contribution in [0.25, 0.3) is 11.1 Å². The Hall–Kier alpha value is -5.12. The van der Waals surface area contributed by atoms with Gasteiger partial charge in [0.2, 0.25) is 5.91 Å². The fraction of sp³-hybridized carbons (Fsp3) is 0.273. The maximum atomic E-state index is 12.1. The SMILES string of the molecule is C[C@@H]1[C@H](CN(Cc2ccccc2)Cc2ccccc2)O[C@H](c2cccc(-c3cccc(CNC(=O)CCC(=O)O)c3)c2)O[C@@H]1c1ccc(CO)cc1. The van der Waals surface area contributed by atoms with Crippen LogP contribution in [0.4, 0.5) is 0 Å². The standard InChI is InChI=1S/C44H46N2O6/c1-31-40(29-46(27-32-10-4-2-5-11-32)28-33-12-6-3-7-13-33)51-44(52-43(31)36-20-18-34(30-47)19-21-36)39-17-9-16-38(25-39)37-15-8-14-35(24-37)26-45-41(48)22-23-42(49)50/h2-21,24-25,31,40,43-44,47H,22-23,26-30H2,1H3,(H,45,48)(H,49,50)/t31-,40+,43+,44+/m1/s1. The number of aliphatic hydroxyl groups excluding tert-OH is 1. The van der Waals surface area contributed by atoms with Gasteiger partial charge in [-0.05, 0) is 51.1 Å². The van der Waals surface area contributed by atoms with Crippen LogP contribution >= 0.6 is 0 Å². The first kappa shape index (κ1) is 36.7. The van der Waals surface area contributed by atoms with Gasteiger partial charge in [-0.2, -0.15) is 0 Å². The summed E-state index contributed by atoms with van der Waals surface area (Å²) < 4.78 is 13.7. The third-order valence-corrected chi connectivity index (χ3v) is 9.53. The monoisotopic (exact) mass is 698 g/mol. The molecule has 52 heavy (non-hydrogen) atoms. The molecule has 0 radical (unpaired) electrons. The molecule has 5 aromatic carbocycles. The number of carbonyl (C=O) groups excluding carboxylic acids is 1. The fourth-order valence-electron chi connectivity index (χ4n) is 6.69. The van der Waals surface area contributed by atoms with Crippen LogP contribution in [0.2, 0.25) is 0 Å². The number of carboxylic acid groups (broad SMARTS) is 1. The third-order valence-electron chi connectivity index (χ3n) is 9.53. The number of carbonyl (C=O) groups is 2. The van der Waals surface area contributed by atoms with Gasteiger partial charge in [0, 0.05) is 44.1 Å². The highest BCUT2D eigenvalue weighted by molar-refractivity contribution is 5.80. The van der Waals surface area contributed by atoms with E-state index in [4.69, 9.17) is 14.6 Å². The lowest BCUT2D eigenvalue weighted by atomic mass is 9.89. The fourth-order valence-corrected chi connectivity index (χ4v) is 6.69. The molecule has 268 valence electrons. The lowest BCUT2D eigenvalue weighted by molar-refractivity contribution is -0.276. The van der Waals surface area contributed by atoms with Crippen molar-refractivity contribution in [2.24, 2.45) is 5.92 Å². The van der Waals surface area contributed by atoms with E-state index in [2.05, 4.69) is 71.7 Å². The molecule has 1 fully saturated rings. The van der Waals surface area contributed by atoms with E-state index in [0.717, 1.165) is 46.5 Å². The van der Waals surface area contributed by atoms with Crippen molar-refractivity contribution in [3.8, 4) is 11.1 Å². The molecular formula is C44H46N2O6. The van der Waals surface area contributed by atoms with Gasteiger partial charge in [-0.25, -0.2) is 0 Å². The Morgan fingerprint density at radius 3 is 1.92 bits per heavy atom. The van der Waals surface area contributed by atoms with Crippen LogP contribution in [0.1, 0.15) is 65.5 Å². The number of nitrogens with zero attached hydrogens (tertiary/aromatic N) is 1. The minimum absolute atomic E-state index is 0.0191. The summed E-state index contributed by atoms with van der Waals surface area (Å²) in [7, 11) is 0. The Balaban J connectivity index is 1.26. The van der Waals surface area contributed by atoms with Crippen LogP contribution in [0.5, 0.6) is 0 Å². The zero-order chi connectivity index (χ0) is 36.3. The van der Waals surface area contributed by atoms with Gasteiger partial charge in [0.25, 0.3) is 0 Å². The number of rotatable bonds is 15. The molecule has 6 rings (SSSR count). The van der Waals surface area contributed by atoms with Gasteiger partial charge in [-0.1, -0.05) is 128 Å². The first-order valence-electron chi connectivity index (χ1n) is 17.8. The van der Waals surface area contributed by atoms with Gasteiger partial charge >= 0.3 is 5.97 Å². The number of hydrogen-bond donors (Lipinski definition) is 3. The second-order valence-corrected chi connectivity index (χ2v) is 13.5. The van der Waals surface area contributed by atoms with Crippen LogP contribution in [0.3, 0.4) is 0 Å². The smallest absolute Gasteiger partial charge is 0.303 e. The van der Waals surface area contributed by atoms with Gasteiger partial charge < -0.3 is 25.0 Å².